The van der Waals surface area contributed by atoms with Crippen molar-refractivity contribution in [1.82, 2.24) is 20.2 Å². The number of carboxylic acid groups (broad SMARTS) is 2. The molecule has 3 aromatic rings. The summed E-state index contributed by atoms with van der Waals surface area (Å²) in [6.45, 7) is 0.282. The first kappa shape index (κ1) is 29.3. The predicted molar refractivity (Wildman–Crippen MR) is 145 cm³/mol. The van der Waals surface area contributed by atoms with E-state index in [1.165, 1.54) is 29.5 Å². The summed E-state index contributed by atoms with van der Waals surface area (Å²) in [5, 5.41) is 40.2. The fraction of sp³-hybridized carbons (Fsp3) is 0.464. The lowest BCUT2D eigenvalue weighted by Crippen LogP contribution is -2.27. The Bertz CT molecular complexity index is 1140. The third-order valence-corrected chi connectivity index (χ3v) is 7.67. The number of hydrogen-bond donors (Lipinski definition) is 3. The van der Waals surface area contributed by atoms with Crippen molar-refractivity contribution < 1.29 is 24.9 Å². The highest BCUT2D eigenvalue weighted by atomic mass is 32.2. The van der Waals surface area contributed by atoms with E-state index < -0.39 is 23.3 Å². The Balaban J connectivity index is 1.55. The van der Waals surface area contributed by atoms with Gasteiger partial charge >= 0.3 is 11.9 Å². The monoisotopic (exact) mass is 540 g/mol. The van der Waals surface area contributed by atoms with Crippen molar-refractivity contribution in [1.29, 1.82) is 0 Å². The van der Waals surface area contributed by atoms with Gasteiger partial charge in [0.05, 0.1) is 5.25 Å². The second-order valence-corrected chi connectivity index (χ2v) is 10.4. The molecule has 0 radical (unpaired) electrons. The molecule has 204 valence electrons. The Kier molecular flexibility index (Phi) is 12.3. The smallest absolute Gasteiger partial charge is 0.334 e. The van der Waals surface area contributed by atoms with Gasteiger partial charge in [-0.2, -0.15) is 0 Å². The van der Waals surface area contributed by atoms with E-state index in [0.29, 0.717) is 11.6 Å². The molecule has 3 N–H and O–H groups in total. The van der Waals surface area contributed by atoms with Crippen LogP contribution < -0.4 is 0 Å². The zero-order chi connectivity index (χ0) is 27.2. The molecule has 0 spiro atoms. The van der Waals surface area contributed by atoms with E-state index in [9.17, 15) is 19.8 Å². The van der Waals surface area contributed by atoms with Gasteiger partial charge in [0.15, 0.2) is 6.10 Å². The zero-order valence-electron chi connectivity index (χ0n) is 21.5. The highest BCUT2D eigenvalue weighted by Gasteiger charge is 2.31. The van der Waals surface area contributed by atoms with Crippen LogP contribution in [0.2, 0.25) is 0 Å². The number of benzene rings is 2. The van der Waals surface area contributed by atoms with Crippen LogP contribution in [-0.2, 0) is 29.0 Å². The highest BCUT2D eigenvalue weighted by molar-refractivity contribution is 7.99. The van der Waals surface area contributed by atoms with Crippen LogP contribution in [0, 0.1) is 0 Å². The second kappa shape index (κ2) is 15.9. The number of thioether (sulfide) groups is 1. The van der Waals surface area contributed by atoms with E-state index >= 15 is 0 Å². The van der Waals surface area contributed by atoms with Crippen molar-refractivity contribution in [3.63, 3.8) is 0 Å². The lowest BCUT2D eigenvalue weighted by Gasteiger charge is -2.22. The molecule has 2 aromatic carbocycles. The average molecular weight is 541 g/mol. The second-order valence-electron chi connectivity index (χ2n) is 9.31. The first-order valence-corrected chi connectivity index (χ1v) is 14.0. The van der Waals surface area contributed by atoms with Gasteiger partial charge in [-0.05, 0) is 59.2 Å². The molecular formula is C28H36N4O5S. The molecule has 0 amide bonds. The predicted octanol–water partition coefficient (Wildman–Crippen LogP) is 4.94. The Hall–Kier alpha value is -3.24. The number of nitrogens with zero attached hydrogens (tertiary/aromatic N) is 4. The number of carboxylic acids is 2. The van der Waals surface area contributed by atoms with Crippen LogP contribution in [0.5, 0.6) is 0 Å². The lowest BCUT2D eigenvalue weighted by molar-refractivity contribution is -0.146. The van der Waals surface area contributed by atoms with Gasteiger partial charge in [0, 0.05) is 13.0 Å². The van der Waals surface area contributed by atoms with Gasteiger partial charge in [0.2, 0.25) is 5.16 Å². The number of aliphatic carboxylic acids is 2. The molecule has 10 heteroatoms. The number of aliphatic hydroxyl groups excluding tert-OH is 1. The molecule has 0 aliphatic heterocycles. The minimum atomic E-state index is -1.66. The molecule has 0 saturated heterocycles. The molecule has 0 bridgehead atoms. The largest absolute Gasteiger partial charge is 0.481 e. The average Bonchev–Trinajstić information content (AvgIpc) is 3.36. The topological polar surface area (TPSA) is 138 Å². The van der Waals surface area contributed by atoms with Crippen molar-refractivity contribution >= 4 is 23.7 Å². The molecule has 0 fully saturated rings. The molecule has 3 rings (SSSR count). The van der Waals surface area contributed by atoms with Crippen LogP contribution in [-0.4, -0.2) is 53.6 Å². The van der Waals surface area contributed by atoms with Gasteiger partial charge < -0.3 is 15.3 Å². The minimum Gasteiger partial charge on any atom is -0.481 e. The van der Waals surface area contributed by atoms with Crippen molar-refractivity contribution in [2.24, 2.45) is 0 Å². The normalized spacial score (nSPS) is 12.8. The van der Waals surface area contributed by atoms with Crippen molar-refractivity contribution in [2.75, 3.05) is 0 Å². The first-order valence-electron chi connectivity index (χ1n) is 13.1. The molecule has 0 aliphatic rings. The summed E-state index contributed by atoms with van der Waals surface area (Å²) in [5.41, 5.74) is 3.13. The minimum absolute atomic E-state index is 0.0268. The molecule has 38 heavy (non-hydrogen) atoms. The fourth-order valence-electron chi connectivity index (χ4n) is 4.38. The van der Waals surface area contributed by atoms with Crippen LogP contribution in [0.4, 0.5) is 0 Å². The molecule has 9 nitrogen and oxygen atoms in total. The summed E-state index contributed by atoms with van der Waals surface area (Å²) in [5.74, 6) is -2.23. The number of aliphatic hydroxyl groups is 1. The number of tetrazole rings is 1. The lowest BCUT2D eigenvalue weighted by atomic mass is 9.96. The van der Waals surface area contributed by atoms with Crippen LogP contribution >= 0.6 is 11.8 Å². The van der Waals surface area contributed by atoms with Crippen LogP contribution in [0.25, 0.3) is 0 Å². The van der Waals surface area contributed by atoms with Crippen LogP contribution in [0.1, 0.15) is 73.3 Å². The van der Waals surface area contributed by atoms with Gasteiger partial charge in [0.25, 0.3) is 0 Å². The highest BCUT2D eigenvalue weighted by Crippen LogP contribution is 2.39. The molecule has 1 heterocycles. The van der Waals surface area contributed by atoms with Gasteiger partial charge in [-0.3, -0.25) is 4.79 Å². The standard InChI is InChI=1S/C28H36N4O5S/c33-24(34)19-12-20-32-28(29-30-31-32)38-26(25(35)27(36)37)23-18-11-10-17-22(23)16-9-4-2-1-3-6-13-21-14-7-5-8-15-21/h5,7-8,10-11,14-15,17-18,25-26,35H,1-4,6,9,12-13,16,19-20H2,(H,33,34)(H,36,37). The summed E-state index contributed by atoms with van der Waals surface area (Å²) < 4.78 is 1.45. The number of carbonyl (C=O) groups is 2. The van der Waals surface area contributed by atoms with Crippen molar-refractivity contribution in [3.8, 4) is 0 Å². The van der Waals surface area contributed by atoms with Gasteiger partial charge in [-0.25, -0.2) is 9.48 Å². The van der Waals surface area contributed by atoms with Gasteiger partial charge in [0.1, 0.15) is 0 Å². The Morgan fingerprint density at radius 1 is 0.842 bits per heavy atom. The maximum atomic E-state index is 11.8. The Morgan fingerprint density at radius 2 is 1.50 bits per heavy atom. The summed E-state index contributed by atoms with van der Waals surface area (Å²) in [6, 6.07) is 18.1. The zero-order valence-corrected chi connectivity index (χ0v) is 22.3. The SMILES string of the molecule is O=C(O)CCCn1nnnc1SC(c1ccccc1CCCCCCCCc1ccccc1)C(O)C(=O)O. The van der Waals surface area contributed by atoms with E-state index in [1.54, 1.807) is 0 Å². The van der Waals surface area contributed by atoms with E-state index in [2.05, 4.69) is 39.8 Å². The molecule has 2 atom stereocenters. The fourth-order valence-corrected chi connectivity index (χ4v) is 5.54. The molecule has 0 saturated carbocycles. The molecule has 2 unspecified atom stereocenters. The van der Waals surface area contributed by atoms with Gasteiger partial charge in [-0.15, -0.1) is 5.10 Å². The van der Waals surface area contributed by atoms with Crippen molar-refractivity contribution in [3.05, 3.63) is 71.3 Å². The number of unbranched alkanes of at least 4 members (excludes halogenated alkanes) is 5. The summed E-state index contributed by atoms with van der Waals surface area (Å²) in [4.78, 5) is 22.6. The number of aryl methyl sites for hydroxylation is 3. The maximum absolute atomic E-state index is 11.8. The molecule has 1 aromatic heterocycles. The Labute approximate surface area is 227 Å². The van der Waals surface area contributed by atoms with Crippen molar-refractivity contribution in [2.45, 2.75) is 87.3 Å². The number of aromatic nitrogens is 4. The number of rotatable bonds is 18. The van der Waals surface area contributed by atoms with E-state index in [0.717, 1.165) is 55.0 Å². The third kappa shape index (κ3) is 9.57. The van der Waals surface area contributed by atoms with Crippen LogP contribution in [0.3, 0.4) is 0 Å². The van der Waals surface area contributed by atoms with Crippen LogP contribution in [0.15, 0.2) is 59.8 Å². The molecular weight excluding hydrogens is 504 g/mol. The number of hydrogen-bond acceptors (Lipinski definition) is 7. The quantitative estimate of drug-likeness (QED) is 0.151. The Morgan fingerprint density at radius 3 is 2.21 bits per heavy atom. The van der Waals surface area contributed by atoms with E-state index in [-0.39, 0.29) is 13.0 Å². The summed E-state index contributed by atoms with van der Waals surface area (Å²) in [6.07, 6.45) is 7.34. The van der Waals surface area contributed by atoms with E-state index in [1.807, 2.05) is 30.3 Å². The van der Waals surface area contributed by atoms with E-state index in [4.69, 9.17) is 5.11 Å². The first-order chi connectivity index (χ1) is 18.5. The summed E-state index contributed by atoms with van der Waals surface area (Å²) in [7, 11) is 0. The molecule has 0 aliphatic carbocycles. The maximum Gasteiger partial charge on any atom is 0.334 e. The summed E-state index contributed by atoms with van der Waals surface area (Å²) >= 11 is 1.08. The van der Waals surface area contributed by atoms with Gasteiger partial charge in [-0.1, -0.05) is 92.0 Å². The third-order valence-electron chi connectivity index (χ3n) is 6.40.